The average molecular weight is 279 g/mol. The second-order valence-corrected chi connectivity index (χ2v) is 3.63. The zero-order valence-corrected chi connectivity index (χ0v) is 11.3. The molecule has 0 aromatic heterocycles. The molecule has 1 unspecified atom stereocenters. The number of hydrogen-bond acceptors (Lipinski definition) is 6. The minimum absolute atomic E-state index is 0.182. The van der Waals surface area contributed by atoms with Gasteiger partial charge >= 0.3 is 11.9 Å². The van der Waals surface area contributed by atoms with Crippen LogP contribution in [0.2, 0.25) is 0 Å². The molecule has 0 saturated carbocycles. The summed E-state index contributed by atoms with van der Waals surface area (Å²) in [6.45, 7) is 3.55. The molecule has 19 heavy (non-hydrogen) atoms. The Morgan fingerprint density at radius 3 is 2.05 bits per heavy atom. The van der Waals surface area contributed by atoms with Crippen molar-refractivity contribution < 1.29 is 34.4 Å². The van der Waals surface area contributed by atoms with Crippen molar-refractivity contribution in [1.29, 1.82) is 0 Å². The molecule has 0 radical (unpaired) electrons. The molecular weight excluding hydrogens is 258 g/mol. The van der Waals surface area contributed by atoms with Crippen LogP contribution in [0, 0.1) is 0 Å². The van der Waals surface area contributed by atoms with Crippen molar-refractivity contribution in [2.45, 2.75) is 19.4 Å². The number of likely N-dealkylation sites (tertiary alicyclic amines) is 1. The van der Waals surface area contributed by atoms with Gasteiger partial charge in [-0.05, 0) is 14.0 Å². The zero-order valence-electron chi connectivity index (χ0n) is 11.3. The number of methoxy groups -OCH3 is 1. The van der Waals surface area contributed by atoms with Crippen LogP contribution in [-0.4, -0.2) is 77.9 Å². The second-order valence-electron chi connectivity index (χ2n) is 3.63. The minimum atomic E-state index is -1.82. The van der Waals surface area contributed by atoms with Gasteiger partial charge in [-0.1, -0.05) is 0 Å². The van der Waals surface area contributed by atoms with Crippen LogP contribution >= 0.6 is 0 Å². The van der Waals surface area contributed by atoms with Crippen molar-refractivity contribution >= 4 is 17.7 Å². The molecule has 1 aliphatic rings. The summed E-state index contributed by atoms with van der Waals surface area (Å²) in [6.07, 6.45) is 0.452. The molecule has 1 atom stereocenters. The third-order valence-corrected chi connectivity index (χ3v) is 2.04. The van der Waals surface area contributed by atoms with E-state index >= 15 is 0 Å². The predicted octanol–water partition coefficient (Wildman–Crippen LogP) is -0.940. The number of Topliss-reactive ketones (excluding diaryl/α,β-unsaturated/α-hetero) is 1. The molecule has 0 bridgehead atoms. The molecular formula is C11H21NO7. The van der Waals surface area contributed by atoms with Crippen LogP contribution in [0.1, 0.15) is 13.3 Å². The van der Waals surface area contributed by atoms with Gasteiger partial charge in [-0.15, -0.1) is 0 Å². The third-order valence-electron chi connectivity index (χ3n) is 2.04. The molecule has 0 aromatic rings. The number of hydrogen-bond donors (Lipinski definition) is 3. The number of carboxylic acid groups (broad SMARTS) is 2. The number of aliphatic hydroxyl groups is 1. The maximum Gasteiger partial charge on any atom is 0.414 e. The molecule has 0 aromatic carbocycles. The van der Waals surface area contributed by atoms with E-state index in [2.05, 4.69) is 4.90 Å². The molecule has 0 aliphatic carbocycles. The average Bonchev–Trinajstić information content (AvgIpc) is 2.34. The third kappa shape index (κ3) is 11.3. The van der Waals surface area contributed by atoms with E-state index in [0.29, 0.717) is 6.42 Å². The summed E-state index contributed by atoms with van der Waals surface area (Å²) in [5, 5.41) is 22.4. The number of aliphatic hydroxyl groups excluding tert-OH is 1. The molecule has 8 heteroatoms. The maximum atomic E-state index is 11.0. The Labute approximate surface area is 111 Å². The summed E-state index contributed by atoms with van der Waals surface area (Å²) < 4.78 is 4.98. The summed E-state index contributed by atoms with van der Waals surface area (Å²) in [5.74, 6) is -3.41. The molecule has 0 spiro atoms. The van der Waals surface area contributed by atoms with Gasteiger partial charge < -0.3 is 25.0 Å². The van der Waals surface area contributed by atoms with Crippen LogP contribution in [0.3, 0.4) is 0 Å². The zero-order chi connectivity index (χ0) is 15.4. The van der Waals surface area contributed by atoms with Crippen molar-refractivity contribution in [2.24, 2.45) is 0 Å². The first-order chi connectivity index (χ1) is 8.79. The summed E-state index contributed by atoms with van der Waals surface area (Å²) in [7, 11) is 3.58. The van der Waals surface area contributed by atoms with Crippen LogP contribution in [0.5, 0.6) is 0 Å². The lowest BCUT2D eigenvalue weighted by Gasteiger charge is -2.27. The number of ketones is 1. The van der Waals surface area contributed by atoms with Gasteiger partial charge in [0.2, 0.25) is 0 Å². The number of piperidine rings is 1. The molecule has 1 rings (SSSR count). The van der Waals surface area contributed by atoms with Crippen molar-refractivity contribution in [1.82, 2.24) is 4.90 Å². The number of nitrogens with zero attached hydrogens (tertiary/aromatic N) is 1. The molecule has 1 fully saturated rings. The molecule has 8 nitrogen and oxygen atoms in total. The number of likely N-dealkylation sites (N-methyl/N-ethyl adjacent to an activating group) is 1. The number of carbonyl (C=O) groups excluding carboxylic acids is 1. The monoisotopic (exact) mass is 279 g/mol. The van der Waals surface area contributed by atoms with Gasteiger partial charge in [0.15, 0.2) is 5.78 Å². The fourth-order valence-corrected chi connectivity index (χ4v) is 1.14. The first-order valence-corrected chi connectivity index (χ1v) is 5.61. The van der Waals surface area contributed by atoms with Crippen molar-refractivity contribution in [3.05, 3.63) is 0 Å². The summed E-state index contributed by atoms with van der Waals surface area (Å²) >= 11 is 0. The quantitative estimate of drug-likeness (QED) is 0.525. The van der Waals surface area contributed by atoms with Crippen molar-refractivity contribution in [3.63, 3.8) is 0 Å². The lowest BCUT2D eigenvalue weighted by molar-refractivity contribution is -0.159. The van der Waals surface area contributed by atoms with E-state index in [9.17, 15) is 4.79 Å². The van der Waals surface area contributed by atoms with E-state index in [1.807, 2.05) is 7.05 Å². The van der Waals surface area contributed by atoms with Gasteiger partial charge in [0.25, 0.3) is 0 Å². The molecule has 3 N–H and O–H groups in total. The van der Waals surface area contributed by atoms with Gasteiger partial charge in [0.1, 0.15) is 6.10 Å². The SMILES string of the molecule is CCO.COC1CN(C)CCC1=O.O=C(O)C(=O)O. The van der Waals surface area contributed by atoms with Gasteiger partial charge in [-0.3, -0.25) is 4.79 Å². The van der Waals surface area contributed by atoms with Crippen LogP contribution in [0.15, 0.2) is 0 Å². The number of aliphatic carboxylic acids is 2. The fraction of sp³-hybridized carbons (Fsp3) is 0.727. The molecule has 112 valence electrons. The van der Waals surface area contributed by atoms with Gasteiger partial charge in [-0.25, -0.2) is 9.59 Å². The Hall–Kier alpha value is -1.51. The fourth-order valence-electron chi connectivity index (χ4n) is 1.14. The number of carboxylic acids is 2. The maximum absolute atomic E-state index is 11.0. The Balaban J connectivity index is 0. The molecule has 1 heterocycles. The summed E-state index contributed by atoms with van der Waals surface area (Å²) in [4.78, 5) is 31.3. The number of rotatable bonds is 1. The smallest absolute Gasteiger partial charge is 0.414 e. The first kappa shape index (κ1) is 19.8. The Bertz CT molecular complexity index is 281. The lowest BCUT2D eigenvalue weighted by atomic mass is 10.1. The standard InChI is InChI=1S/C7H13NO2.C2H2O4.C2H6O/c1-8-4-3-6(9)7(5-8)10-2;3-1(4)2(5)6;1-2-3/h7H,3-5H2,1-2H3;(H,3,4)(H,5,6);3H,2H2,1H3. The van der Waals surface area contributed by atoms with Crippen molar-refractivity contribution in [2.75, 3.05) is 33.9 Å². The van der Waals surface area contributed by atoms with E-state index < -0.39 is 11.9 Å². The summed E-state index contributed by atoms with van der Waals surface area (Å²) in [5.41, 5.74) is 0. The first-order valence-electron chi connectivity index (χ1n) is 5.61. The predicted molar refractivity (Wildman–Crippen MR) is 65.9 cm³/mol. The van der Waals surface area contributed by atoms with Crippen molar-refractivity contribution in [3.8, 4) is 0 Å². The number of carbonyl (C=O) groups is 3. The molecule has 1 saturated heterocycles. The van der Waals surface area contributed by atoms with Crippen LogP contribution in [0.4, 0.5) is 0 Å². The highest BCUT2D eigenvalue weighted by Crippen LogP contribution is 2.06. The van der Waals surface area contributed by atoms with E-state index in [1.54, 1.807) is 14.0 Å². The Morgan fingerprint density at radius 1 is 1.37 bits per heavy atom. The van der Waals surface area contributed by atoms with E-state index in [4.69, 9.17) is 29.6 Å². The van der Waals surface area contributed by atoms with Gasteiger partial charge in [-0.2, -0.15) is 0 Å². The molecule has 1 aliphatic heterocycles. The van der Waals surface area contributed by atoms with Crippen LogP contribution in [0.25, 0.3) is 0 Å². The topological polar surface area (TPSA) is 124 Å². The normalized spacial score (nSPS) is 18.5. The largest absolute Gasteiger partial charge is 0.473 e. The Kier molecular flexibility index (Phi) is 12.1. The second kappa shape index (κ2) is 11.6. The van der Waals surface area contributed by atoms with E-state index in [1.165, 1.54) is 0 Å². The highest BCUT2D eigenvalue weighted by atomic mass is 16.5. The van der Waals surface area contributed by atoms with E-state index in [0.717, 1.165) is 13.1 Å². The van der Waals surface area contributed by atoms with Crippen LogP contribution < -0.4 is 0 Å². The number of ether oxygens (including phenoxy) is 1. The van der Waals surface area contributed by atoms with Crippen LogP contribution in [-0.2, 0) is 19.1 Å². The highest BCUT2D eigenvalue weighted by molar-refractivity contribution is 6.27. The minimum Gasteiger partial charge on any atom is -0.473 e. The lowest BCUT2D eigenvalue weighted by Crippen LogP contribution is -2.43. The molecule has 0 amide bonds. The van der Waals surface area contributed by atoms with Gasteiger partial charge in [0, 0.05) is 33.2 Å². The Morgan fingerprint density at radius 2 is 1.79 bits per heavy atom. The highest BCUT2D eigenvalue weighted by Gasteiger charge is 2.24. The van der Waals surface area contributed by atoms with E-state index in [-0.39, 0.29) is 18.5 Å². The summed E-state index contributed by atoms with van der Waals surface area (Å²) in [6, 6.07) is 0. The van der Waals surface area contributed by atoms with Gasteiger partial charge in [0.05, 0.1) is 0 Å².